The molecule has 1 N–H and O–H groups in total. The van der Waals surface area contributed by atoms with Crippen molar-refractivity contribution in [3.05, 3.63) is 34.9 Å². The summed E-state index contributed by atoms with van der Waals surface area (Å²) in [5.41, 5.74) is 0.542. The molecular formula is C13H14ClN3OS2. The minimum Gasteiger partial charge on any atom is -0.296 e. The SMILES string of the molecule is CC[C@H](C)Sc1nnc(NC(=O)c2ccc(Cl)cc2)s1. The molecule has 1 heterocycles. The van der Waals surface area contributed by atoms with Gasteiger partial charge < -0.3 is 0 Å². The monoisotopic (exact) mass is 327 g/mol. The number of amides is 1. The fourth-order valence-electron chi connectivity index (χ4n) is 1.33. The smallest absolute Gasteiger partial charge is 0.257 e. The van der Waals surface area contributed by atoms with Crippen molar-refractivity contribution in [2.45, 2.75) is 29.9 Å². The first-order valence-electron chi connectivity index (χ1n) is 6.15. The Morgan fingerprint density at radius 3 is 2.75 bits per heavy atom. The van der Waals surface area contributed by atoms with Gasteiger partial charge in [-0.15, -0.1) is 10.2 Å². The molecule has 2 aromatic rings. The molecule has 106 valence electrons. The lowest BCUT2D eigenvalue weighted by atomic mass is 10.2. The highest BCUT2D eigenvalue weighted by Crippen LogP contribution is 2.30. The molecule has 0 aliphatic carbocycles. The Labute approximate surface area is 130 Å². The molecule has 20 heavy (non-hydrogen) atoms. The number of anilines is 1. The summed E-state index contributed by atoms with van der Waals surface area (Å²) in [6.07, 6.45) is 1.07. The second kappa shape index (κ2) is 7.06. The van der Waals surface area contributed by atoms with Crippen LogP contribution in [0, 0.1) is 0 Å². The van der Waals surface area contributed by atoms with E-state index in [0.717, 1.165) is 10.8 Å². The number of nitrogens with one attached hydrogen (secondary N) is 1. The number of carbonyl (C=O) groups is 1. The van der Waals surface area contributed by atoms with E-state index in [1.807, 2.05) is 0 Å². The van der Waals surface area contributed by atoms with Crippen molar-refractivity contribution in [2.24, 2.45) is 0 Å². The van der Waals surface area contributed by atoms with Crippen molar-refractivity contribution in [1.29, 1.82) is 0 Å². The van der Waals surface area contributed by atoms with Gasteiger partial charge in [-0.2, -0.15) is 0 Å². The average Bonchev–Trinajstić information content (AvgIpc) is 2.86. The quantitative estimate of drug-likeness (QED) is 0.655. The van der Waals surface area contributed by atoms with Crippen LogP contribution in [0.25, 0.3) is 0 Å². The van der Waals surface area contributed by atoms with E-state index in [0.29, 0.717) is 21.0 Å². The second-order valence-corrected chi connectivity index (χ2v) is 7.27. The van der Waals surface area contributed by atoms with Gasteiger partial charge in [-0.3, -0.25) is 10.1 Å². The van der Waals surface area contributed by atoms with Crippen LogP contribution in [0.2, 0.25) is 5.02 Å². The van der Waals surface area contributed by atoms with E-state index < -0.39 is 0 Å². The first-order chi connectivity index (χ1) is 9.58. The number of hydrogen-bond donors (Lipinski definition) is 1. The number of aromatic nitrogens is 2. The van der Waals surface area contributed by atoms with Gasteiger partial charge in [0.15, 0.2) is 4.34 Å². The first kappa shape index (κ1) is 15.3. The summed E-state index contributed by atoms with van der Waals surface area (Å²) in [7, 11) is 0. The molecule has 0 saturated carbocycles. The minimum absolute atomic E-state index is 0.210. The Morgan fingerprint density at radius 2 is 2.10 bits per heavy atom. The highest BCUT2D eigenvalue weighted by molar-refractivity contribution is 8.01. The summed E-state index contributed by atoms with van der Waals surface area (Å²) >= 11 is 8.84. The number of hydrogen-bond acceptors (Lipinski definition) is 5. The largest absolute Gasteiger partial charge is 0.296 e. The van der Waals surface area contributed by atoms with Gasteiger partial charge in [-0.05, 0) is 30.7 Å². The summed E-state index contributed by atoms with van der Waals surface area (Å²) in [5, 5.41) is 12.4. The number of thioether (sulfide) groups is 1. The van der Waals surface area contributed by atoms with Crippen LogP contribution in [-0.2, 0) is 0 Å². The Morgan fingerprint density at radius 1 is 1.40 bits per heavy atom. The van der Waals surface area contributed by atoms with E-state index in [1.165, 1.54) is 11.3 Å². The predicted octanol–water partition coefficient (Wildman–Crippen LogP) is 4.33. The van der Waals surface area contributed by atoms with Crippen LogP contribution in [0.5, 0.6) is 0 Å². The summed E-state index contributed by atoms with van der Waals surface area (Å²) in [6, 6.07) is 6.71. The molecule has 1 amide bonds. The minimum atomic E-state index is -0.210. The van der Waals surface area contributed by atoms with Gasteiger partial charge in [-0.25, -0.2) is 0 Å². The van der Waals surface area contributed by atoms with Crippen molar-refractivity contribution < 1.29 is 4.79 Å². The second-order valence-electron chi connectivity index (χ2n) is 4.17. The molecule has 1 aromatic carbocycles. The molecule has 4 nitrogen and oxygen atoms in total. The van der Waals surface area contributed by atoms with Crippen LogP contribution in [-0.4, -0.2) is 21.4 Å². The highest BCUT2D eigenvalue weighted by Gasteiger charge is 2.12. The Bertz CT molecular complexity index is 586. The van der Waals surface area contributed by atoms with Gasteiger partial charge in [-0.1, -0.05) is 48.5 Å². The van der Waals surface area contributed by atoms with Gasteiger partial charge in [0.2, 0.25) is 5.13 Å². The first-order valence-corrected chi connectivity index (χ1v) is 8.23. The lowest BCUT2D eigenvalue weighted by Crippen LogP contribution is -2.11. The fourth-order valence-corrected chi connectivity index (χ4v) is 3.45. The van der Waals surface area contributed by atoms with E-state index in [-0.39, 0.29) is 5.91 Å². The maximum atomic E-state index is 12.0. The van der Waals surface area contributed by atoms with Gasteiger partial charge >= 0.3 is 0 Å². The van der Waals surface area contributed by atoms with Gasteiger partial charge in [0.05, 0.1) is 0 Å². The normalized spacial score (nSPS) is 12.2. The molecule has 0 bridgehead atoms. The lowest BCUT2D eigenvalue weighted by molar-refractivity contribution is 0.102. The van der Waals surface area contributed by atoms with Crippen LogP contribution < -0.4 is 5.32 Å². The Hall–Kier alpha value is -1.11. The summed E-state index contributed by atoms with van der Waals surface area (Å²) < 4.78 is 0.866. The molecule has 0 aliphatic heterocycles. The number of benzene rings is 1. The van der Waals surface area contributed by atoms with Crippen LogP contribution in [0.15, 0.2) is 28.6 Å². The maximum absolute atomic E-state index is 12.0. The van der Waals surface area contributed by atoms with E-state index in [9.17, 15) is 4.79 Å². The van der Waals surface area contributed by atoms with Crippen molar-refractivity contribution in [3.8, 4) is 0 Å². The number of carbonyl (C=O) groups excluding carboxylic acids is 1. The zero-order chi connectivity index (χ0) is 14.5. The Kier molecular flexibility index (Phi) is 5.39. The predicted molar refractivity (Wildman–Crippen MR) is 84.9 cm³/mol. The molecular weight excluding hydrogens is 314 g/mol. The molecule has 2 rings (SSSR count). The van der Waals surface area contributed by atoms with E-state index in [4.69, 9.17) is 11.6 Å². The lowest BCUT2D eigenvalue weighted by Gasteiger charge is -2.02. The molecule has 1 atom stereocenters. The zero-order valence-electron chi connectivity index (χ0n) is 11.1. The van der Waals surface area contributed by atoms with Gasteiger partial charge in [0.25, 0.3) is 5.91 Å². The molecule has 0 spiro atoms. The number of rotatable bonds is 5. The number of nitrogens with zero attached hydrogens (tertiary/aromatic N) is 2. The topological polar surface area (TPSA) is 54.9 Å². The van der Waals surface area contributed by atoms with Crippen LogP contribution in [0.3, 0.4) is 0 Å². The number of halogens is 1. The van der Waals surface area contributed by atoms with Crippen molar-refractivity contribution >= 4 is 45.7 Å². The summed E-state index contributed by atoms with van der Waals surface area (Å²) in [5.74, 6) is -0.210. The molecule has 1 aromatic heterocycles. The van der Waals surface area contributed by atoms with Crippen molar-refractivity contribution in [3.63, 3.8) is 0 Å². The van der Waals surface area contributed by atoms with E-state index in [1.54, 1.807) is 36.0 Å². The third-order valence-corrected chi connectivity index (χ3v) is 5.05. The van der Waals surface area contributed by atoms with Crippen molar-refractivity contribution in [2.75, 3.05) is 5.32 Å². The highest BCUT2D eigenvalue weighted by atomic mass is 35.5. The molecule has 0 radical (unpaired) electrons. The van der Waals surface area contributed by atoms with E-state index in [2.05, 4.69) is 29.4 Å². The summed E-state index contributed by atoms with van der Waals surface area (Å²) in [6.45, 7) is 4.26. The van der Waals surface area contributed by atoms with Crippen molar-refractivity contribution in [1.82, 2.24) is 10.2 Å². The van der Waals surface area contributed by atoms with Crippen LogP contribution in [0.4, 0.5) is 5.13 Å². The third kappa shape index (κ3) is 4.19. The molecule has 7 heteroatoms. The van der Waals surface area contributed by atoms with E-state index >= 15 is 0 Å². The van der Waals surface area contributed by atoms with Crippen LogP contribution in [0.1, 0.15) is 30.6 Å². The van der Waals surface area contributed by atoms with Gasteiger partial charge in [0.1, 0.15) is 0 Å². The summed E-state index contributed by atoms with van der Waals surface area (Å²) in [4.78, 5) is 12.0. The standard InChI is InChI=1S/C13H14ClN3OS2/c1-3-8(2)19-13-17-16-12(20-13)15-11(18)9-4-6-10(14)7-5-9/h4-8H,3H2,1-2H3,(H,15,16,18)/t8-/m0/s1. The molecule has 0 unspecified atom stereocenters. The Balaban J connectivity index is 1.99. The van der Waals surface area contributed by atoms with Gasteiger partial charge in [0, 0.05) is 15.8 Å². The molecule has 0 saturated heterocycles. The fraction of sp³-hybridized carbons (Fsp3) is 0.308. The molecule has 0 fully saturated rings. The molecule has 0 aliphatic rings. The maximum Gasteiger partial charge on any atom is 0.257 e. The van der Waals surface area contributed by atoms with Crippen LogP contribution >= 0.6 is 34.7 Å². The zero-order valence-corrected chi connectivity index (χ0v) is 13.5. The average molecular weight is 328 g/mol. The third-order valence-electron chi connectivity index (χ3n) is 2.61.